The van der Waals surface area contributed by atoms with E-state index in [0.717, 1.165) is 16.9 Å². The summed E-state index contributed by atoms with van der Waals surface area (Å²) in [5.41, 5.74) is 3.36. The molecule has 0 bridgehead atoms. The Bertz CT molecular complexity index is 634. The van der Waals surface area contributed by atoms with Crippen molar-refractivity contribution >= 4 is 5.91 Å². The van der Waals surface area contributed by atoms with Gasteiger partial charge >= 0.3 is 0 Å². The molecular weight excluding hydrogens is 274 g/mol. The number of aryl methyl sites for hydroxylation is 2. The Morgan fingerprint density at radius 2 is 1.73 bits per heavy atom. The van der Waals surface area contributed by atoms with E-state index in [1.807, 2.05) is 43.3 Å². The Balaban J connectivity index is 1.97. The molecule has 0 heterocycles. The van der Waals surface area contributed by atoms with Crippen LogP contribution in [0.1, 0.15) is 23.6 Å². The predicted octanol–water partition coefficient (Wildman–Crippen LogP) is 3.73. The molecule has 0 N–H and O–H groups in total. The monoisotopic (exact) mass is 297 g/mol. The predicted molar refractivity (Wildman–Crippen MR) is 88.9 cm³/mol. The van der Waals surface area contributed by atoms with E-state index in [9.17, 15) is 4.79 Å². The van der Waals surface area contributed by atoms with Crippen LogP contribution >= 0.6 is 0 Å². The van der Waals surface area contributed by atoms with Gasteiger partial charge in [0.25, 0.3) is 5.91 Å². The summed E-state index contributed by atoms with van der Waals surface area (Å²) < 4.78 is 5.79. The number of rotatable bonds is 5. The Morgan fingerprint density at radius 1 is 1.09 bits per heavy atom. The van der Waals surface area contributed by atoms with E-state index < -0.39 is 6.10 Å². The minimum atomic E-state index is -0.503. The van der Waals surface area contributed by atoms with Crippen molar-refractivity contribution in [2.75, 3.05) is 7.05 Å². The maximum Gasteiger partial charge on any atom is 0.263 e. The van der Waals surface area contributed by atoms with E-state index in [2.05, 4.69) is 19.1 Å². The van der Waals surface area contributed by atoms with E-state index in [0.29, 0.717) is 6.54 Å². The average molecular weight is 297 g/mol. The SMILES string of the molecule is Cc1ccc(CN(C)C(=O)C(C)Oc2ccccc2C)cc1. The Labute approximate surface area is 132 Å². The molecule has 0 aliphatic heterocycles. The molecule has 0 aliphatic rings. The standard InChI is InChI=1S/C19H23NO2/c1-14-9-11-17(12-10-14)13-20(4)19(21)16(3)22-18-8-6-5-7-15(18)2/h5-12,16H,13H2,1-4H3. The molecule has 0 spiro atoms. The number of amides is 1. The number of hydrogen-bond acceptors (Lipinski definition) is 2. The zero-order valence-electron chi connectivity index (χ0n) is 13.7. The fourth-order valence-corrected chi connectivity index (χ4v) is 2.29. The van der Waals surface area contributed by atoms with E-state index in [1.165, 1.54) is 5.56 Å². The molecule has 2 aromatic carbocycles. The number of nitrogens with zero attached hydrogens (tertiary/aromatic N) is 1. The molecule has 0 saturated carbocycles. The third kappa shape index (κ3) is 4.10. The topological polar surface area (TPSA) is 29.5 Å². The molecule has 0 aromatic heterocycles. The van der Waals surface area contributed by atoms with Crippen molar-refractivity contribution in [3.63, 3.8) is 0 Å². The summed E-state index contributed by atoms with van der Waals surface area (Å²) in [6.07, 6.45) is -0.503. The van der Waals surface area contributed by atoms with Gasteiger partial charge in [-0.05, 0) is 38.0 Å². The van der Waals surface area contributed by atoms with Gasteiger partial charge in [-0.2, -0.15) is 0 Å². The second-order valence-corrected chi connectivity index (χ2v) is 5.71. The molecule has 2 rings (SSSR count). The van der Waals surface area contributed by atoms with Gasteiger partial charge < -0.3 is 9.64 Å². The summed E-state index contributed by atoms with van der Waals surface area (Å²) in [5.74, 6) is 0.732. The van der Waals surface area contributed by atoms with E-state index in [4.69, 9.17) is 4.74 Å². The number of carbonyl (C=O) groups excluding carboxylic acids is 1. The van der Waals surface area contributed by atoms with Crippen LogP contribution in [0.4, 0.5) is 0 Å². The van der Waals surface area contributed by atoms with Crippen LogP contribution in [-0.4, -0.2) is 24.0 Å². The molecule has 1 atom stereocenters. The zero-order chi connectivity index (χ0) is 16.1. The number of carbonyl (C=O) groups is 1. The van der Waals surface area contributed by atoms with Crippen molar-refractivity contribution in [3.05, 3.63) is 65.2 Å². The fourth-order valence-electron chi connectivity index (χ4n) is 2.29. The van der Waals surface area contributed by atoms with E-state index in [1.54, 1.807) is 18.9 Å². The molecule has 0 aliphatic carbocycles. The molecular formula is C19H23NO2. The number of likely N-dealkylation sites (N-methyl/N-ethyl adjacent to an activating group) is 1. The minimum Gasteiger partial charge on any atom is -0.481 e. The summed E-state index contributed by atoms with van der Waals surface area (Å²) >= 11 is 0. The first-order chi connectivity index (χ1) is 10.5. The van der Waals surface area contributed by atoms with Crippen molar-refractivity contribution in [1.82, 2.24) is 4.90 Å². The van der Waals surface area contributed by atoms with Crippen LogP contribution in [-0.2, 0) is 11.3 Å². The minimum absolute atomic E-state index is 0.0242. The van der Waals surface area contributed by atoms with Gasteiger partial charge in [0.15, 0.2) is 6.10 Å². The van der Waals surface area contributed by atoms with Crippen molar-refractivity contribution in [2.24, 2.45) is 0 Å². The highest BCUT2D eigenvalue weighted by Crippen LogP contribution is 2.18. The summed E-state index contributed by atoms with van der Waals surface area (Å²) in [7, 11) is 1.81. The number of benzene rings is 2. The summed E-state index contributed by atoms with van der Waals surface area (Å²) in [6.45, 7) is 6.40. The van der Waals surface area contributed by atoms with E-state index >= 15 is 0 Å². The van der Waals surface area contributed by atoms with Gasteiger partial charge in [0.2, 0.25) is 0 Å². The number of hydrogen-bond donors (Lipinski definition) is 0. The summed E-state index contributed by atoms with van der Waals surface area (Å²) in [5, 5.41) is 0. The Hall–Kier alpha value is -2.29. The fraction of sp³-hybridized carbons (Fsp3) is 0.316. The highest BCUT2D eigenvalue weighted by molar-refractivity contribution is 5.80. The van der Waals surface area contributed by atoms with Gasteiger partial charge in [0, 0.05) is 13.6 Å². The lowest BCUT2D eigenvalue weighted by Crippen LogP contribution is -2.37. The maximum absolute atomic E-state index is 12.4. The van der Waals surface area contributed by atoms with Gasteiger partial charge in [0.05, 0.1) is 0 Å². The van der Waals surface area contributed by atoms with Crippen LogP contribution in [0, 0.1) is 13.8 Å². The first-order valence-electron chi connectivity index (χ1n) is 7.50. The lowest BCUT2D eigenvalue weighted by molar-refractivity contribution is -0.137. The Morgan fingerprint density at radius 3 is 2.36 bits per heavy atom. The van der Waals surface area contributed by atoms with Crippen LogP contribution in [0.2, 0.25) is 0 Å². The molecule has 0 radical (unpaired) electrons. The zero-order valence-corrected chi connectivity index (χ0v) is 13.7. The lowest BCUT2D eigenvalue weighted by atomic mass is 10.1. The van der Waals surface area contributed by atoms with E-state index in [-0.39, 0.29) is 5.91 Å². The van der Waals surface area contributed by atoms with Gasteiger partial charge in [0.1, 0.15) is 5.75 Å². The van der Waals surface area contributed by atoms with Gasteiger partial charge in [-0.3, -0.25) is 4.79 Å². The second kappa shape index (κ2) is 7.12. The average Bonchev–Trinajstić information content (AvgIpc) is 2.51. The molecule has 3 heteroatoms. The molecule has 1 amide bonds. The van der Waals surface area contributed by atoms with Crippen molar-refractivity contribution in [3.8, 4) is 5.75 Å². The Kier molecular flexibility index (Phi) is 5.21. The van der Waals surface area contributed by atoms with Crippen molar-refractivity contribution < 1.29 is 9.53 Å². The normalized spacial score (nSPS) is 11.8. The largest absolute Gasteiger partial charge is 0.481 e. The van der Waals surface area contributed by atoms with Crippen molar-refractivity contribution in [2.45, 2.75) is 33.4 Å². The molecule has 3 nitrogen and oxygen atoms in total. The second-order valence-electron chi connectivity index (χ2n) is 5.71. The molecule has 22 heavy (non-hydrogen) atoms. The maximum atomic E-state index is 12.4. The van der Waals surface area contributed by atoms with Crippen LogP contribution in [0.3, 0.4) is 0 Å². The van der Waals surface area contributed by atoms with Gasteiger partial charge in [-0.1, -0.05) is 48.0 Å². The molecule has 116 valence electrons. The molecule has 0 fully saturated rings. The van der Waals surface area contributed by atoms with Gasteiger partial charge in [-0.25, -0.2) is 0 Å². The van der Waals surface area contributed by atoms with Crippen LogP contribution in [0.25, 0.3) is 0 Å². The quantitative estimate of drug-likeness (QED) is 0.841. The number of para-hydroxylation sites is 1. The summed E-state index contributed by atoms with van der Waals surface area (Å²) in [6, 6.07) is 15.9. The first-order valence-corrected chi connectivity index (χ1v) is 7.50. The van der Waals surface area contributed by atoms with Gasteiger partial charge in [-0.15, -0.1) is 0 Å². The lowest BCUT2D eigenvalue weighted by Gasteiger charge is -2.23. The molecule has 0 saturated heterocycles. The van der Waals surface area contributed by atoms with Crippen LogP contribution < -0.4 is 4.74 Å². The van der Waals surface area contributed by atoms with Crippen LogP contribution in [0.15, 0.2) is 48.5 Å². The third-order valence-corrected chi connectivity index (χ3v) is 3.66. The molecule has 2 aromatic rings. The highest BCUT2D eigenvalue weighted by atomic mass is 16.5. The number of ether oxygens (including phenoxy) is 1. The van der Waals surface area contributed by atoms with Crippen LogP contribution in [0.5, 0.6) is 5.75 Å². The summed E-state index contributed by atoms with van der Waals surface area (Å²) in [4.78, 5) is 14.1. The third-order valence-electron chi connectivity index (χ3n) is 3.66. The first kappa shape index (κ1) is 16.1. The van der Waals surface area contributed by atoms with Crippen molar-refractivity contribution in [1.29, 1.82) is 0 Å². The highest BCUT2D eigenvalue weighted by Gasteiger charge is 2.19. The smallest absolute Gasteiger partial charge is 0.263 e. The molecule has 1 unspecified atom stereocenters.